The second-order valence-corrected chi connectivity index (χ2v) is 7.87. The lowest BCUT2D eigenvalue weighted by molar-refractivity contribution is -0.128. The van der Waals surface area contributed by atoms with Crippen molar-refractivity contribution in [2.24, 2.45) is 11.7 Å². The van der Waals surface area contributed by atoms with Crippen molar-refractivity contribution in [3.05, 3.63) is 29.8 Å². The van der Waals surface area contributed by atoms with Crippen molar-refractivity contribution in [3.8, 4) is 0 Å². The van der Waals surface area contributed by atoms with Crippen LogP contribution in [0.5, 0.6) is 0 Å². The predicted molar refractivity (Wildman–Crippen MR) is 93.9 cm³/mol. The molecule has 0 saturated heterocycles. The van der Waals surface area contributed by atoms with E-state index in [1.54, 1.807) is 0 Å². The number of amides is 1. The summed E-state index contributed by atoms with van der Waals surface area (Å²) in [6.07, 6.45) is 4.06. The molecule has 4 heteroatoms. The molecule has 22 heavy (non-hydrogen) atoms. The first-order valence-corrected chi connectivity index (χ1v) is 9.24. The minimum Gasteiger partial charge on any atom is -0.349 e. The standard InChI is InChI=1S/C18H28N2OS/c1-4-22-15-10-8-14(9-11-15)13(2)20-17(21)16-7-5-6-12-18(16,3)19/h8-11,13,16H,4-7,12,19H2,1-3H3,(H,20,21). The number of carbonyl (C=O) groups is 1. The Morgan fingerprint density at radius 1 is 1.41 bits per heavy atom. The minimum absolute atomic E-state index is 0.0194. The highest BCUT2D eigenvalue weighted by Gasteiger charge is 2.38. The quantitative estimate of drug-likeness (QED) is 0.809. The van der Waals surface area contributed by atoms with Crippen LogP contribution in [-0.2, 0) is 4.79 Å². The van der Waals surface area contributed by atoms with Crippen molar-refractivity contribution in [2.45, 2.75) is 62.9 Å². The molecule has 1 aromatic rings. The molecule has 0 heterocycles. The second kappa shape index (κ2) is 7.51. The van der Waals surface area contributed by atoms with Crippen LogP contribution in [0.1, 0.15) is 58.1 Å². The molecule has 0 spiro atoms. The normalized spacial score (nSPS) is 26.5. The maximum atomic E-state index is 12.6. The molecule has 0 radical (unpaired) electrons. The maximum absolute atomic E-state index is 12.6. The average Bonchev–Trinajstić information content (AvgIpc) is 2.47. The first-order valence-electron chi connectivity index (χ1n) is 8.26. The lowest BCUT2D eigenvalue weighted by atomic mass is 9.74. The highest BCUT2D eigenvalue weighted by atomic mass is 32.2. The Hall–Kier alpha value is -1.00. The summed E-state index contributed by atoms with van der Waals surface area (Å²) in [5.41, 5.74) is 7.10. The molecule has 0 bridgehead atoms. The van der Waals surface area contributed by atoms with Crippen molar-refractivity contribution < 1.29 is 4.79 Å². The van der Waals surface area contributed by atoms with E-state index < -0.39 is 0 Å². The molecule has 1 aliphatic carbocycles. The molecule has 1 aliphatic rings. The Morgan fingerprint density at radius 3 is 2.68 bits per heavy atom. The number of benzene rings is 1. The predicted octanol–water partition coefficient (Wildman–Crippen LogP) is 3.88. The van der Waals surface area contributed by atoms with E-state index in [2.05, 4.69) is 36.5 Å². The summed E-state index contributed by atoms with van der Waals surface area (Å²) in [4.78, 5) is 13.8. The smallest absolute Gasteiger partial charge is 0.225 e. The van der Waals surface area contributed by atoms with E-state index in [1.807, 2.05) is 25.6 Å². The molecule has 0 aliphatic heterocycles. The molecule has 3 nitrogen and oxygen atoms in total. The van der Waals surface area contributed by atoms with Gasteiger partial charge in [0.25, 0.3) is 0 Å². The Bertz CT molecular complexity index is 498. The Kier molecular flexibility index (Phi) is 5.93. The van der Waals surface area contributed by atoms with Crippen LogP contribution >= 0.6 is 11.8 Å². The molecule has 2 rings (SSSR count). The Labute approximate surface area is 138 Å². The van der Waals surface area contributed by atoms with E-state index >= 15 is 0 Å². The number of hydrogen-bond donors (Lipinski definition) is 2. The van der Waals surface area contributed by atoms with E-state index in [4.69, 9.17) is 5.73 Å². The number of carbonyl (C=O) groups excluding carboxylic acids is 1. The average molecular weight is 321 g/mol. The third-order valence-corrected chi connectivity index (χ3v) is 5.51. The molecule has 1 saturated carbocycles. The lowest BCUT2D eigenvalue weighted by Crippen LogP contribution is -2.53. The molecule has 3 unspecified atom stereocenters. The number of thioether (sulfide) groups is 1. The summed E-state index contributed by atoms with van der Waals surface area (Å²) in [6, 6.07) is 8.47. The van der Waals surface area contributed by atoms with Gasteiger partial charge in [-0.05, 0) is 50.1 Å². The van der Waals surface area contributed by atoms with Crippen LogP contribution in [0.4, 0.5) is 0 Å². The van der Waals surface area contributed by atoms with Gasteiger partial charge in [0.15, 0.2) is 0 Å². The van der Waals surface area contributed by atoms with Gasteiger partial charge < -0.3 is 11.1 Å². The van der Waals surface area contributed by atoms with Gasteiger partial charge in [-0.3, -0.25) is 4.79 Å². The van der Waals surface area contributed by atoms with Crippen LogP contribution in [0, 0.1) is 5.92 Å². The van der Waals surface area contributed by atoms with Crippen LogP contribution in [-0.4, -0.2) is 17.2 Å². The monoisotopic (exact) mass is 320 g/mol. The Balaban J connectivity index is 1.98. The third kappa shape index (κ3) is 4.26. The van der Waals surface area contributed by atoms with Gasteiger partial charge in [-0.1, -0.05) is 31.9 Å². The highest BCUT2D eigenvalue weighted by Crippen LogP contribution is 2.32. The lowest BCUT2D eigenvalue weighted by Gasteiger charge is -2.37. The van der Waals surface area contributed by atoms with Gasteiger partial charge in [0.05, 0.1) is 12.0 Å². The second-order valence-electron chi connectivity index (χ2n) is 6.54. The zero-order valence-electron chi connectivity index (χ0n) is 13.9. The van der Waals surface area contributed by atoms with Crippen LogP contribution in [0.15, 0.2) is 29.2 Å². The van der Waals surface area contributed by atoms with Crippen molar-refractivity contribution in [2.75, 3.05) is 5.75 Å². The number of nitrogens with two attached hydrogens (primary N) is 1. The first kappa shape index (κ1) is 17.4. The number of rotatable bonds is 5. The van der Waals surface area contributed by atoms with Crippen molar-refractivity contribution >= 4 is 17.7 Å². The van der Waals surface area contributed by atoms with E-state index in [1.165, 1.54) is 4.90 Å². The SMILES string of the molecule is CCSc1ccc(C(C)NC(=O)C2CCCCC2(C)N)cc1. The molecule has 3 atom stereocenters. The number of hydrogen-bond acceptors (Lipinski definition) is 3. The van der Waals surface area contributed by atoms with Gasteiger partial charge in [-0.25, -0.2) is 0 Å². The largest absolute Gasteiger partial charge is 0.349 e. The summed E-state index contributed by atoms with van der Waals surface area (Å²) in [5, 5.41) is 3.15. The summed E-state index contributed by atoms with van der Waals surface area (Å²) in [6.45, 7) is 6.20. The van der Waals surface area contributed by atoms with Crippen molar-refractivity contribution in [1.29, 1.82) is 0 Å². The molecule has 1 amide bonds. The van der Waals surface area contributed by atoms with Gasteiger partial charge in [-0.2, -0.15) is 0 Å². The van der Waals surface area contributed by atoms with Crippen molar-refractivity contribution in [3.63, 3.8) is 0 Å². The summed E-state index contributed by atoms with van der Waals surface area (Å²) in [5.74, 6) is 1.10. The summed E-state index contributed by atoms with van der Waals surface area (Å²) in [7, 11) is 0. The molecule has 122 valence electrons. The van der Waals surface area contributed by atoms with Crippen LogP contribution in [0.3, 0.4) is 0 Å². The molecule has 1 aromatic carbocycles. The molecular weight excluding hydrogens is 292 g/mol. The third-order valence-electron chi connectivity index (χ3n) is 4.62. The van der Waals surface area contributed by atoms with E-state index in [-0.39, 0.29) is 23.4 Å². The van der Waals surface area contributed by atoms with Crippen LogP contribution in [0.2, 0.25) is 0 Å². The fourth-order valence-electron chi connectivity index (χ4n) is 3.21. The number of nitrogens with one attached hydrogen (secondary N) is 1. The molecular formula is C18H28N2OS. The van der Waals surface area contributed by atoms with Gasteiger partial charge in [0.2, 0.25) is 5.91 Å². The highest BCUT2D eigenvalue weighted by molar-refractivity contribution is 7.99. The van der Waals surface area contributed by atoms with Gasteiger partial charge >= 0.3 is 0 Å². The zero-order valence-corrected chi connectivity index (χ0v) is 14.7. The topological polar surface area (TPSA) is 55.1 Å². The molecule has 1 fully saturated rings. The maximum Gasteiger partial charge on any atom is 0.225 e. The fraction of sp³-hybridized carbons (Fsp3) is 0.611. The van der Waals surface area contributed by atoms with Gasteiger partial charge in [0.1, 0.15) is 0 Å². The van der Waals surface area contributed by atoms with E-state index in [0.717, 1.165) is 37.0 Å². The minimum atomic E-state index is -0.371. The van der Waals surface area contributed by atoms with E-state index in [9.17, 15) is 4.79 Å². The zero-order chi connectivity index (χ0) is 16.2. The molecule has 3 N–H and O–H groups in total. The fourth-order valence-corrected chi connectivity index (χ4v) is 3.87. The Morgan fingerprint density at radius 2 is 2.09 bits per heavy atom. The molecule has 0 aromatic heterocycles. The van der Waals surface area contributed by atoms with Gasteiger partial charge in [0, 0.05) is 10.4 Å². The van der Waals surface area contributed by atoms with Crippen LogP contribution in [0.25, 0.3) is 0 Å². The van der Waals surface area contributed by atoms with Crippen molar-refractivity contribution in [1.82, 2.24) is 5.32 Å². The van der Waals surface area contributed by atoms with Crippen LogP contribution < -0.4 is 11.1 Å². The first-order chi connectivity index (χ1) is 10.4. The van der Waals surface area contributed by atoms with Gasteiger partial charge in [-0.15, -0.1) is 11.8 Å². The summed E-state index contributed by atoms with van der Waals surface area (Å²) < 4.78 is 0. The summed E-state index contributed by atoms with van der Waals surface area (Å²) >= 11 is 1.83. The van der Waals surface area contributed by atoms with E-state index in [0.29, 0.717) is 0 Å².